The Bertz CT molecular complexity index is 556. The summed E-state index contributed by atoms with van der Waals surface area (Å²) in [7, 11) is -3.06. The smallest absolute Gasteiger partial charge is 0.255 e. The summed E-state index contributed by atoms with van der Waals surface area (Å²) in [5, 5.41) is 0. The van der Waals surface area contributed by atoms with Gasteiger partial charge < -0.3 is 4.90 Å². The van der Waals surface area contributed by atoms with Crippen molar-refractivity contribution in [2.75, 3.05) is 18.1 Å². The number of carbonyl (C=O) groups excluding carboxylic acids is 1. The number of sulfone groups is 1. The zero-order chi connectivity index (χ0) is 13.3. The minimum atomic E-state index is -3.06. The predicted octanol–water partition coefficient (Wildman–Crippen LogP) is 0.480. The van der Waals surface area contributed by atoms with E-state index >= 15 is 0 Å². The lowest BCUT2D eigenvalue weighted by Crippen LogP contribution is -2.49. The van der Waals surface area contributed by atoms with Crippen LogP contribution in [0, 0.1) is 5.95 Å². The monoisotopic (exact) mass is 272 g/mol. The molecule has 2 heterocycles. The average molecular weight is 272 g/mol. The van der Waals surface area contributed by atoms with Gasteiger partial charge in [-0.2, -0.15) is 4.39 Å². The fraction of sp³-hybridized carbons (Fsp3) is 0.455. The largest absolute Gasteiger partial charge is 0.334 e. The summed E-state index contributed by atoms with van der Waals surface area (Å²) in [5.41, 5.74) is 0.266. The Morgan fingerprint density at radius 2 is 2.22 bits per heavy atom. The van der Waals surface area contributed by atoms with Crippen molar-refractivity contribution in [2.24, 2.45) is 0 Å². The van der Waals surface area contributed by atoms with E-state index in [4.69, 9.17) is 0 Å². The maximum atomic E-state index is 12.7. The first kappa shape index (κ1) is 12.9. The highest BCUT2D eigenvalue weighted by atomic mass is 32.2. The van der Waals surface area contributed by atoms with Crippen LogP contribution in [0.3, 0.4) is 0 Å². The molecule has 0 radical (unpaired) electrons. The molecule has 1 aliphatic rings. The molecule has 1 aromatic heterocycles. The van der Waals surface area contributed by atoms with Gasteiger partial charge in [-0.05, 0) is 19.1 Å². The van der Waals surface area contributed by atoms with E-state index in [0.717, 1.165) is 12.3 Å². The quantitative estimate of drug-likeness (QED) is 0.697. The van der Waals surface area contributed by atoms with Crippen LogP contribution in [-0.4, -0.2) is 48.3 Å². The first-order valence-electron chi connectivity index (χ1n) is 5.52. The van der Waals surface area contributed by atoms with E-state index in [1.807, 2.05) is 0 Å². The molecule has 2 rings (SSSR count). The fourth-order valence-electron chi connectivity index (χ4n) is 1.97. The Hall–Kier alpha value is -1.50. The molecular weight excluding hydrogens is 259 g/mol. The fourth-order valence-corrected chi connectivity index (χ4v) is 3.52. The van der Waals surface area contributed by atoms with E-state index in [-0.39, 0.29) is 35.6 Å². The molecule has 1 atom stereocenters. The molecular formula is C11H13FN2O3S. The second kappa shape index (κ2) is 4.64. The zero-order valence-electron chi connectivity index (χ0n) is 9.84. The number of hydrogen-bond donors (Lipinski definition) is 0. The molecule has 0 aromatic carbocycles. The topological polar surface area (TPSA) is 67.3 Å². The third-order valence-corrected chi connectivity index (χ3v) is 4.70. The summed E-state index contributed by atoms with van der Waals surface area (Å²) in [6.45, 7) is 1.85. The number of halogens is 1. The van der Waals surface area contributed by atoms with Gasteiger partial charge in [0.25, 0.3) is 5.91 Å². The molecule has 1 saturated heterocycles. The average Bonchev–Trinajstić information content (AvgIpc) is 2.28. The van der Waals surface area contributed by atoms with Gasteiger partial charge in [0.2, 0.25) is 5.95 Å². The summed E-state index contributed by atoms with van der Waals surface area (Å²) in [6, 6.07) is 2.08. The Morgan fingerprint density at radius 1 is 1.50 bits per heavy atom. The van der Waals surface area contributed by atoms with Crippen molar-refractivity contribution in [2.45, 2.75) is 13.0 Å². The molecule has 0 aliphatic carbocycles. The zero-order valence-corrected chi connectivity index (χ0v) is 10.7. The van der Waals surface area contributed by atoms with Crippen molar-refractivity contribution in [3.05, 3.63) is 29.8 Å². The molecule has 98 valence electrons. The highest BCUT2D eigenvalue weighted by Crippen LogP contribution is 2.15. The minimum absolute atomic E-state index is 0.0301. The lowest BCUT2D eigenvalue weighted by atomic mass is 10.2. The minimum Gasteiger partial charge on any atom is -0.334 e. The number of carbonyl (C=O) groups is 1. The van der Waals surface area contributed by atoms with Gasteiger partial charge in [0.05, 0.1) is 17.1 Å². The van der Waals surface area contributed by atoms with E-state index in [0.29, 0.717) is 0 Å². The molecule has 5 nitrogen and oxygen atoms in total. The number of hydrogen-bond acceptors (Lipinski definition) is 4. The summed E-state index contributed by atoms with van der Waals surface area (Å²) in [5.74, 6) is -1.03. The number of nitrogens with zero attached hydrogens (tertiary/aromatic N) is 2. The third-order valence-electron chi connectivity index (χ3n) is 2.91. The molecule has 1 aromatic rings. The van der Waals surface area contributed by atoms with Gasteiger partial charge in [-0.15, -0.1) is 0 Å². The van der Waals surface area contributed by atoms with E-state index < -0.39 is 15.8 Å². The van der Waals surface area contributed by atoms with Gasteiger partial charge in [-0.3, -0.25) is 4.79 Å². The van der Waals surface area contributed by atoms with Crippen LogP contribution in [0.5, 0.6) is 0 Å². The maximum absolute atomic E-state index is 12.7. The highest BCUT2D eigenvalue weighted by molar-refractivity contribution is 7.91. The molecule has 0 bridgehead atoms. The molecule has 1 fully saturated rings. The van der Waals surface area contributed by atoms with Crippen molar-refractivity contribution in [1.29, 1.82) is 0 Å². The van der Waals surface area contributed by atoms with E-state index in [2.05, 4.69) is 4.98 Å². The standard InChI is InChI=1S/C11H13FN2O3S/c1-8-7-18(16,17)5-4-14(8)11(15)9-2-3-10(12)13-6-9/h2-3,6,8H,4-5,7H2,1H3. The van der Waals surface area contributed by atoms with Crippen LogP contribution < -0.4 is 0 Å². The first-order chi connectivity index (χ1) is 8.39. The Kier molecular flexibility index (Phi) is 3.34. The maximum Gasteiger partial charge on any atom is 0.255 e. The first-order valence-corrected chi connectivity index (χ1v) is 7.34. The van der Waals surface area contributed by atoms with Crippen LogP contribution in [0.4, 0.5) is 4.39 Å². The SMILES string of the molecule is CC1CS(=O)(=O)CCN1C(=O)c1ccc(F)nc1. The molecule has 0 saturated carbocycles. The lowest BCUT2D eigenvalue weighted by molar-refractivity contribution is 0.0712. The van der Waals surface area contributed by atoms with Crippen LogP contribution in [0.2, 0.25) is 0 Å². The Balaban J connectivity index is 2.17. The normalized spacial score (nSPS) is 22.8. The molecule has 1 aliphatic heterocycles. The molecule has 0 N–H and O–H groups in total. The van der Waals surface area contributed by atoms with Gasteiger partial charge in [0.1, 0.15) is 0 Å². The molecule has 18 heavy (non-hydrogen) atoms. The van der Waals surface area contributed by atoms with Crippen LogP contribution in [-0.2, 0) is 9.84 Å². The van der Waals surface area contributed by atoms with Gasteiger partial charge >= 0.3 is 0 Å². The number of amides is 1. The summed E-state index contributed by atoms with van der Waals surface area (Å²) < 4.78 is 35.5. The second-order valence-corrected chi connectivity index (χ2v) is 6.56. The van der Waals surface area contributed by atoms with Crippen molar-refractivity contribution in [3.8, 4) is 0 Å². The van der Waals surface area contributed by atoms with Gasteiger partial charge in [-0.25, -0.2) is 13.4 Å². The van der Waals surface area contributed by atoms with Crippen LogP contribution in [0.1, 0.15) is 17.3 Å². The highest BCUT2D eigenvalue weighted by Gasteiger charge is 2.31. The molecule has 1 amide bonds. The van der Waals surface area contributed by atoms with Crippen molar-refractivity contribution in [1.82, 2.24) is 9.88 Å². The number of pyridine rings is 1. The third kappa shape index (κ3) is 2.66. The summed E-state index contributed by atoms with van der Waals surface area (Å²) in [6.07, 6.45) is 1.16. The predicted molar refractivity (Wildman–Crippen MR) is 63.3 cm³/mol. The van der Waals surface area contributed by atoms with Crippen molar-refractivity contribution < 1.29 is 17.6 Å². The van der Waals surface area contributed by atoms with Gasteiger partial charge in [0, 0.05) is 18.8 Å². The molecule has 0 spiro atoms. The summed E-state index contributed by atoms with van der Waals surface area (Å²) in [4.78, 5) is 17.0. The van der Waals surface area contributed by atoms with E-state index in [9.17, 15) is 17.6 Å². The molecule has 1 unspecified atom stereocenters. The lowest BCUT2D eigenvalue weighted by Gasteiger charge is -2.33. The summed E-state index contributed by atoms with van der Waals surface area (Å²) >= 11 is 0. The van der Waals surface area contributed by atoms with Crippen LogP contribution in [0.25, 0.3) is 0 Å². The van der Waals surface area contributed by atoms with Crippen molar-refractivity contribution >= 4 is 15.7 Å². The number of rotatable bonds is 1. The van der Waals surface area contributed by atoms with Crippen LogP contribution >= 0.6 is 0 Å². The van der Waals surface area contributed by atoms with Gasteiger partial charge in [-0.1, -0.05) is 0 Å². The van der Waals surface area contributed by atoms with Gasteiger partial charge in [0.15, 0.2) is 9.84 Å². The van der Waals surface area contributed by atoms with Crippen LogP contribution in [0.15, 0.2) is 18.3 Å². The Morgan fingerprint density at radius 3 is 2.78 bits per heavy atom. The molecule has 7 heteroatoms. The van der Waals surface area contributed by atoms with E-state index in [1.165, 1.54) is 11.0 Å². The number of aromatic nitrogens is 1. The van der Waals surface area contributed by atoms with E-state index in [1.54, 1.807) is 6.92 Å². The van der Waals surface area contributed by atoms with Crippen molar-refractivity contribution in [3.63, 3.8) is 0 Å². The Labute approximate surface area is 105 Å². The second-order valence-electron chi connectivity index (χ2n) is 4.33.